The number of halogens is 1. The lowest BCUT2D eigenvalue weighted by Crippen LogP contribution is -2.56. The molecule has 2 rings (SSSR count). The molecule has 1 atom stereocenters. The Balaban J connectivity index is 2.20. The first-order valence-electron chi connectivity index (χ1n) is 9.14. The van der Waals surface area contributed by atoms with E-state index < -0.39 is 22.2 Å². The van der Waals surface area contributed by atoms with Gasteiger partial charge in [-0.15, -0.1) is 0 Å². The molecule has 0 bridgehead atoms. The Morgan fingerprint density at radius 3 is 2.29 bits per heavy atom. The van der Waals surface area contributed by atoms with Crippen molar-refractivity contribution in [2.24, 2.45) is 0 Å². The van der Waals surface area contributed by atoms with Crippen LogP contribution in [0.4, 0.5) is 10.5 Å². The topological polar surface area (TPSA) is 87.2 Å². The summed E-state index contributed by atoms with van der Waals surface area (Å²) in [5.41, 5.74) is 0.348. The van der Waals surface area contributed by atoms with Crippen molar-refractivity contribution in [3.63, 3.8) is 0 Å². The fourth-order valence-corrected chi connectivity index (χ4v) is 4.57. The molecule has 10 heteroatoms. The van der Waals surface area contributed by atoms with E-state index >= 15 is 0 Å². The van der Waals surface area contributed by atoms with E-state index in [1.165, 1.54) is 6.07 Å². The van der Waals surface area contributed by atoms with Crippen molar-refractivity contribution in [2.75, 3.05) is 43.3 Å². The van der Waals surface area contributed by atoms with E-state index in [0.29, 0.717) is 49.9 Å². The van der Waals surface area contributed by atoms with Gasteiger partial charge in [-0.2, -0.15) is 0 Å². The number of nitrogens with zero attached hydrogens (tertiary/aromatic N) is 3. The predicted molar refractivity (Wildman–Crippen MR) is 108 cm³/mol. The summed E-state index contributed by atoms with van der Waals surface area (Å²) in [5, 5.41) is 0.386. The molecule has 2 amide bonds. The second-order valence-corrected chi connectivity index (χ2v) is 8.77. The number of carbonyl (C=O) groups is 2. The molecule has 1 unspecified atom stereocenters. The molecule has 0 aromatic heterocycles. The molecule has 1 aliphatic rings. The summed E-state index contributed by atoms with van der Waals surface area (Å²) in [7, 11) is -3.72. The van der Waals surface area contributed by atoms with Crippen LogP contribution in [0, 0.1) is 0 Å². The SMILES string of the molecule is CCOC(=O)N1CCN(C(=O)C(CC)N(c2cccc(Cl)c2)S(C)(=O)=O)CC1. The number of benzene rings is 1. The molecular formula is C18H26ClN3O5S. The molecule has 28 heavy (non-hydrogen) atoms. The van der Waals surface area contributed by atoms with Gasteiger partial charge in [-0.1, -0.05) is 24.6 Å². The number of anilines is 1. The van der Waals surface area contributed by atoms with Gasteiger partial charge in [-0.05, 0) is 31.5 Å². The molecule has 0 spiro atoms. The normalized spacial score (nSPS) is 15.9. The average Bonchev–Trinajstić information content (AvgIpc) is 2.64. The summed E-state index contributed by atoms with van der Waals surface area (Å²) in [6.07, 6.45) is 0.970. The zero-order valence-corrected chi connectivity index (χ0v) is 17.9. The quantitative estimate of drug-likeness (QED) is 0.689. The lowest BCUT2D eigenvalue weighted by atomic mass is 10.1. The van der Waals surface area contributed by atoms with Gasteiger partial charge in [-0.25, -0.2) is 13.2 Å². The lowest BCUT2D eigenvalue weighted by Gasteiger charge is -2.38. The monoisotopic (exact) mass is 431 g/mol. The molecular weight excluding hydrogens is 406 g/mol. The summed E-state index contributed by atoms with van der Waals surface area (Å²) < 4.78 is 31.1. The van der Waals surface area contributed by atoms with Crippen LogP contribution in [0.5, 0.6) is 0 Å². The third kappa shape index (κ3) is 5.29. The first-order valence-corrected chi connectivity index (χ1v) is 11.4. The first-order chi connectivity index (χ1) is 13.2. The zero-order valence-electron chi connectivity index (χ0n) is 16.3. The first kappa shape index (κ1) is 22.3. The number of rotatable bonds is 6. The highest BCUT2D eigenvalue weighted by Gasteiger charge is 2.36. The van der Waals surface area contributed by atoms with Gasteiger partial charge in [-0.3, -0.25) is 9.10 Å². The Kier molecular flexibility index (Phi) is 7.54. The van der Waals surface area contributed by atoms with E-state index in [1.807, 2.05) is 0 Å². The molecule has 0 aliphatic carbocycles. The molecule has 8 nitrogen and oxygen atoms in total. The molecule has 1 aliphatic heterocycles. The van der Waals surface area contributed by atoms with Crippen LogP contribution in [0.3, 0.4) is 0 Å². The van der Waals surface area contributed by atoms with Crippen LogP contribution in [0.25, 0.3) is 0 Å². The lowest BCUT2D eigenvalue weighted by molar-refractivity contribution is -0.134. The summed E-state index contributed by atoms with van der Waals surface area (Å²) in [4.78, 5) is 28.1. The number of ether oxygens (including phenoxy) is 1. The van der Waals surface area contributed by atoms with E-state index in [0.717, 1.165) is 10.6 Å². The van der Waals surface area contributed by atoms with E-state index in [-0.39, 0.29) is 5.91 Å². The highest BCUT2D eigenvalue weighted by molar-refractivity contribution is 7.92. The zero-order chi connectivity index (χ0) is 20.9. The van der Waals surface area contributed by atoms with Gasteiger partial charge in [0.05, 0.1) is 18.6 Å². The van der Waals surface area contributed by atoms with Crippen molar-refractivity contribution < 1.29 is 22.7 Å². The van der Waals surface area contributed by atoms with Crippen LogP contribution < -0.4 is 4.31 Å². The minimum Gasteiger partial charge on any atom is -0.450 e. The number of sulfonamides is 1. The second-order valence-electron chi connectivity index (χ2n) is 6.47. The van der Waals surface area contributed by atoms with E-state index in [2.05, 4.69) is 0 Å². The number of hydrogen-bond donors (Lipinski definition) is 0. The van der Waals surface area contributed by atoms with Gasteiger partial charge in [0.1, 0.15) is 6.04 Å². The van der Waals surface area contributed by atoms with Crippen molar-refractivity contribution in [3.05, 3.63) is 29.3 Å². The summed E-state index contributed by atoms with van der Waals surface area (Å²) in [5.74, 6) is -0.295. The third-order valence-electron chi connectivity index (χ3n) is 4.49. The van der Waals surface area contributed by atoms with Crippen LogP contribution in [-0.2, 0) is 19.6 Å². The van der Waals surface area contributed by atoms with Crippen LogP contribution in [-0.4, -0.2) is 75.3 Å². The Hall–Kier alpha value is -2.00. The molecule has 0 radical (unpaired) electrons. The summed E-state index contributed by atoms with van der Waals surface area (Å²) in [6, 6.07) is 5.54. The summed E-state index contributed by atoms with van der Waals surface area (Å²) in [6.45, 7) is 5.12. The van der Waals surface area contributed by atoms with Gasteiger partial charge in [0.15, 0.2) is 0 Å². The Labute approximate surface area is 171 Å². The maximum absolute atomic E-state index is 13.1. The second kappa shape index (κ2) is 9.47. The Morgan fingerprint density at radius 1 is 1.18 bits per heavy atom. The average molecular weight is 432 g/mol. The molecule has 1 aromatic rings. The minimum absolute atomic E-state index is 0.291. The molecule has 1 saturated heterocycles. The number of amides is 2. The van der Waals surface area contributed by atoms with Crippen molar-refractivity contribution in [3.8, 4) is 0 Å². The number of hydrogen-bond acceptors (Lipinski definition) is 5. The smallest absolute Gasteiger partial charge is 0.409 e. The van der Waals surface area contributed by atoms with Gasteiger partial charge in [0.25, 0.3) is 0 Å². The van der Waals surface area contributed by atoms with Crippen LogP contribution in [0.2, 0.25) is 5.02 Å². The van der Waals surface area contributed by atoms with Crippen LogP contribution >= 0.6 is 11.6 Å². The molecule has 1 aromatic carbocycles. The van der Waals surface area contributed by atoms with Gasteiger partial charge >= 0.3 is 6.09 Å². The maximum atomic E-state index is 13.1. The van der Waals surface area contributed by atoms with Crippen molar-refractivity contribution in [2.45, 2.75) is 26.3 Å². The summed E-state index contributed by atoms with van der Waals surface area (Å²) >= 11 is 6.02. The fourth-order valence-electron chi connectivity index (χ4n) is 3.19. The molecule has 1 fully saturated rings. The molecule has 0 N–H and O–H groups in total. The highest BCUT2D eigenvalue weighted by atomic mass is 35.5. The standard InChI is InChI=1S/C18H26ClN3O5S/c1-4-16(22(28(3,25)26)15-8-6-7-14(19)13-15)17(23)20-9-11-21(12-10-20)18(24)27-5-2/h6-8,13,16H,4-5,9-12H2,1-3H3. The largest absolute Gasteiger partial charge is 0.450 e. The maximum Gasteiger partial charge on any atom is 0.409 e. The molecule has 156 valence electrons. The van der Waals surface area contributed by atoms with Crippen molar-refractivity contribution in [1.82, 2.24) is 9.80 Å². The van der Waals surface area contributed by atoms with Gasteiger partial charge in [0.2, 0.25) is 15.9 Å². The predicted octanol–water partition coefficient (Wildman–Crippen LogP) is 2.19. The van der Waals surface area contributed by atoms with E-state index in [9.17, 15) is 18.0 Å². The minimum atomic E-state index is -3.72. The molecule has 0 saturated carbocycles. The van der Waals surface area contributed by atoms with Crippen LogP contribution in [0.15, 0.2) is 24.3 Å². The number of carbonyl (C=O) groups excluding carboxylic acids is 2. The Bertz CT molecular complexity index is 809. The van der Waals surface area contributed by atoms with Crippen molar-refractivity contribution in [1.29, 1.82) is 0 Å². The van der Waals surface area contributed by atoms with E-state index in [4.69, 9.17) is 16.3 Å². The van der Waals surface area contributed by atoms with Crippen molar-refractivity contribution >= 4 is 39.3 Å². The van der Waals surface area contributed by atoms with E-state index in [1.54, 1.807) is 41.8 Å². The van der Waals surface area contributed by atoms with Gasteiger partial charge in [0, 0.05) is 31.2 Å². The third-order valence-corrected chi connectivity index (χ3v) is 5.91. The fraction of sp³-hybridized carbons (Fsp3) is 0.556. The number of piperazine rings is 1. The highest BCUT2D eigenvalue weighted by Crippen LogP contribution is 2.26. The Morgan fingerprint density at radius 2 is 1.79 bits per heavy atom. The van der Waals surface area contributed by atoms with Gasteiger partial charge < -0.3 is 14.5 Å². The van der Waals surface area contributed by atoms with Crippen LogP contribution in [0.1, 0.15) is 20.3 Å². The molecule has 1 heterocycles.